The molecule has 0 unspecified atom stereocenters. The topological polar surface area (TPSA) is 161 Å². The number of carboxylic acids is 1. The lowest BCUT2D eigenvalue weighted by Gasteiger charge is -2.23. The molecule has 0 spiro atoms. The molecule has 2 aromatic carbocycles. The molecule has 0 bridgehead atoms. The van der Waals surface area contributed by atoms with E-state index in [9.17, 15) is 29.1 Å². The average Bonchev–Trinajstić information content (AvgIpc) is 3.40. The third-order valence-corrected chi connectivity index (χ3v) is 4.95. The first-order valence-corrected chi connectivity index (χ1v) is 10.7. The van der Waals surface area contributed by atoms with Crippen LogP contribution in [0.2, 0.25) is 10.0 Å². The zero-order valence-electron chi connectivity index (χ0n) is 18.0. The number of nitrogens with one attached hydrogen (secondary N) is 2. The van der Waals surface area contributed by atoms with E-state index in [1.54, 1.807) is 0 Å². The summed E-state index contributed by atoms with van der Waals surface area (Å²) in [6.07, 6.45) is -3.31. The van der Waals surface area contributed by atoms with Gasteiger partial charge in [-0.1, -0.05) is 23.2 Å². The van der Waals surface area contributed by atoms with Crippen LogP contribution >= 0.6 is 23.2 Å². The molecule has 0 saturated carbocycles. The fraction of sp³-hybridized carbons (Fsp3) is 0.0870. The largest absolute Gasteiger partial charge is 0.478 e. The summed E-state index contributed by atoms with van der Waals surface area (Å²) in [4.78, 5) is 62.0. The first-order chi connectivity index (χ1) is 17.2. The minimum absolute atomic E-state index is 0.0787. The number of benzene rings is 2. The minimum atomic E-state index is -2.30. The van der Waals surface area contributed by atoms with E-state index in [1.165, 1.54) is 66.9 Å². The van der Waals surface area contributed by atoms with Gasteiger partial charge in [0.2, 0.25) is 12.2 Å². The lowest BCUT2D eigenvalue weighted by Crippen LogP contribution is -2.54. The molecule has 0 aliphatic heterocycles. The third-order valence-electron chi connectivity index (χ3n) is 4.45. The van der Waals surface area contributed by atoms with Gasteiger partial charge in [0, 0.05) is 10.0 Å². The number of halogens is 2. The Morgan fingerprint density at radius 2 is 1.25 bits per heavy atom. The van der Waals surface area contributed by atoms with Crippen LogP contribution in [-0.4, -0.2) is 47.0 Å². The Morgan fingerprint density at radius 1 is 0.750 bits per heavy atom. The number of rotatable bonds is 8. The van der Waals surface area contributed by atoms with Crippen LogP contribution < -0.4 is 10.9 Å². The van der Waals surface area contributed by atoms with Crippen molar-refractivity contribution in [3.05, 3.63) is 93.9 Å². The van der Waals surface area contributed by atoms with Crippen LogP contribution in [0.15, 0.2) is 71.3 Å². The monoisotopic (exact) mass is 534 g/mol. The van der Waals surface area contributed by atoms with Crippen molar-refractivity contribution in [1.82, 2.24) is 10.9 Å². The number of hydrogen-bond donors (Lipinski definition) is 3. The van der Waals surface area contributed by atoms with E-state index in [2.05, 4.69) is 0 Å². The van der Waals surface area contributed by atoms with Crippen LogP contribution in [0.1, 0.15) is 31.3 Å². The van der Waals surface area contributed by atoms with Crippen molar-refractivity contribution in [3.8, 4) is 0 Å². The van der Waals surface area contributed by atoms with Crippen molar-refractivity contribution < 1.29 is 43.0 Å². The standard InChI is InChI=1S/C23H16Cl2N2O9/c24-14-7-3-12(4-8-14)22(32)35-17(20(29)27-26-19(28)16-2-1-11-34-16)18(21(30)31)36-23(33)13-5-9-15(25)10-6-13/h1-11,17-18H,(H,26,28)(H,27,29)(H,30,31)/t17-,18+/m0/s1. The maximum atomic E-state index is 12.8. The molecule has 186 valence electrons. The number of carbonyl (C=O) groups excluding carboxylic acids is 4. The first kappa shape index (κ1) is 26.3. The Balaban J connectivity index is 1.83. The second kappa shape index (κ2) is 11.9. The Morgan fingerprint density at radius 3 is 1.69 bits per heavy atom. The Hall–Kier alpha value is -4.35. The SMILES string of the molecule is O=C(O[C@H](C(=O)NNC(=O)c1ccco1)[C@@H](OC(=O)c1ccc(Cl)cc1)C(=O)O)c1ccc(Cl)cc1. The second-order valence-corrected chi connectivity index (χ2v) is 7.80. The van der Waals surface area contributed by atoms with Crippen LogP contribution in [0.4, 0.5) is 0 Å². The molecule has 1 aromatic heterocycles. The fourth-order valence-electron chi connectivity index (χ4n) is 2.69. The van der Waals surface area contributed by atoms with Crippen LogP contribution in [0.5, 0.6) is 0 Å². The fourth-order valence-corrected chi connectivity index (χ4v) is 2.94. The molecule has 36 heavy (non-hydrogen) atoms. The summed E-state index contributed by atoms with van der Waals surface area (Å²) in [5, 5.41) is 10.3. The lowest BCUT2D eigenvalue weighted by molar-refractivity contribution is -0.159. The van der Waals surface area contributed by atoms with Crippen LogP contribution in [0.3, 0.4) is 0 Å². The van der Waals surface area contributed by atoms with Gasteiger partial charge in [-0.05, 0) is 60.7 Å². The van der Waals surface area contributed by atoms with E-state index in [0.29, 0.717) is 10.0 Å². The van der Waals surface area contributed by atoms with E-state index < -0.39 is 41.9 Å². The van der Waals surface area contributed by atoms with Crippen molar-refractivity contribution in [2.75, 3.05) is 0 Å². The molecule has 0 aliphatic rings. The molecular formula is C23H16Cl2N2O9. The highest BCUT2D eigenvalue weighted by Gasteiger charge is 2.41. The van der Waals surface area contributed by atoms with Gasteiger partial charge < -0.3 is 19.0 Å². The van der Waals surface area contributed by atoms with Gasteiger partial charge in [0.05, 0.1) is 17.4 Å². The summed E-state index contributed by atoms with van der Waals surface area (Å²) in [5.74, 6) is -6.45. The van der Waals surface area contributed by atoms with Crippen molar-refractivity contribution in [3.63, 3.8) is 0 Å². The number of carbonyl (C=O) groups is 5. The number of ether oxygens (including phenoxy) is 2. The molecule has 11 nitrogen and oxygen atoms in total. The van der Waals surface area contributed by atoms with Crippen LogP contribution in [0, 0.1) is 0 Å². The summed E-state index contributed by atoms with van der Waals surface area (Å²) in [5.41, 5.74) is 3.74. The van der Waals surface area contributed by atoms with Gasteiger partial charge >= 0.3 is 23.8 Å². The number of hydrogen-bond acceptors (Lipinski definition) is 8. The number of hydrazine groups is 1. The minimum Gasteiger partial charge on any atom is -0.478 e. The Labute approximate surface area is 212 Å². The number of esters is 2. The van der Waals surface area contributed by atoms with E-state index in [0.717, 1.165) is 0 Å². The molecule has 3 N–H and O–H groups in total. The highest BCUT2D eigenvalue weighted by atomic mass is 35.5. The van der Waals surface area contributed by atoms with Crippen LogP contribution in [0.25, 0.3) is 0 Å². The summed E-state index contributed by atoms with van der Waals surface area (Å²) in [7, 11) is 0. The van der Waals surface area contributed by atoms with Crippen molar-refractivity contribution in [1.29, 1.82) is 0 Å². The van der Waals surface area contributed by atoms with Gasteiger partial charge in [0.1, 0.15) is 0 Å². The van der Waals surface area contributed by atoms with Gasteiger partial charge in [0.15, 0.2) is 5.76 Å². The average molecular weight is 535 g/mol. The molecule has 0 saturated heterocycles. The maximum Gasteiger partial charge on any atom is 0.349 e. The molecule has 0 radical (unpaired) electrons. The van der Waals surface area contributed by atoms with Gasteiger partial charge in [-0.25, -0.2) is 14.4 Å². The van der Waals surface area contributed by atoms with Crippen molar-refractivity contribution >= 4 is 52.9 Å². The number of carboxylic acid groups (broad SMARTS) is 1. The van der Waals surface area contributed by atoms with Crippen LogP contribution in [-0.2, 0) is 19.1 Å². The molecule has 3 aromatic rings. The number of aliphatic carboxylic acids is 1. The Bertz CT molecular complexity index is 1260. The number of furan rings is 1. The molecule has 2 amide bonds. The molecule has 0 fully saturated rings. The predicted molar refractivity (Wildman–Crippen MR) is 123 cm³/mol. The second-order valence-electron chi connectivity index (χ2n) is 6.92. The van der Waals surface area contributed by atoms with Gasteiger partial charge in [-0.2, -0.15) is 0 Å². The normalized spacial score (nSPS) is 12.1. The summed E-state index contributed by atoms with van der Waals surface area (Å²) < 4.78 is 15.0. The van der Waals surface area contributed by atoms with Gasteiger partial charge in [-0.15, -0.1) is 0 Å². The van der Waals surface area contributed by atoms with Gasteiger partial charge in [-0.3, -0.25) is 20.4 Å². The van der Waals surface area contributed by atoms with Gasteiger partial charge in [0.25, 0.3) is 5.91 Å². The van der Waals surface area contributed by atoms with E-state index in [-0.39, 0.29) is 16.9 Å². The highest BCUT2D eigenvalue weighted by molar-refractivity contribution is 6.31. The van der Waals surface area contributed by atoms with E-state index in [4.69, 9.17) is 37.1 Å². The summed E-state index contributed by atoms with van der Waals surface area (Å²) >= 11 is 11.6. The molecule has 0 aliphatic carbocycles. The maximum absolute atomic E-state index is 12.8. The van der Waals surface area contributed by atoms with Crippen molar-refractivity contribution in [2.45, 2.75) is 12.2 Å². The number of amides is 2. The van der Waals surface area contributed by atoms with E-state index >= 15 is 0 Å². The zero-order valence-corrected chi connectivity index (χ0v) is 19.5. The molecule has 1 heterocycles. The molecule has 13 heteroatoms. The zero-order chi connectivity index (χ0) is 26.2. The summed E-state index contributed by atoms with van der Waals surface area (Å²) in [6.45, 7) is 0. The van der Waals surface area contributed by atoms with Crippen molar-refractivity contribution in [2.24, 2.45) is 0 Å². The molecule has 2 atom stereocenters. The summed E-state index contributed by atoms with van der Waals surface area (Å²) in [6, 6.07) is 13.3. The smallest absolute Gasteiger partial charge is 0.349 e. The highest BCUT2D eigenvalue weighted by Crippen LogP contribution is 2.16. The quantitative estimate of drug-likeness (QED) is 0.291. The molecule has 3 rings (SSSR count). The predicted octanol–water partition coefficient (Wildman–Crippen LogP) is 2.88. The molecular weight excluding hydrogens is 519 g/mol. The van der Waals surface area contributed by atoms with E-state index in [1.807, 2.05) is 10.9 Å². The Kier molecular flexibility index (Phi) is 8.66. The third kappa shape index (κ3) is 6.84. The first-order valence-electron chi connectivity index (χ1n) is 9.95. The lowest BCUT2D eigenvalue weighted by atomic mass is 10.1.